The predicted octanol–water partition coefficient (Wildman–Crippen LogP) is 2.22. The highest BCUT2D eigenvalue weighted by molar-refractivity contribution is 5.76. The summed E-state index contributed by atoms with van der Waals surface area (Å²) in [6, 6.07) is 6.18. The molecule has 0 amide bonds. The molecular formula is C11H14N2O. The van der Waals surface area contributed by atoms with Crippen LogP contribution in [0.4, 0.5) is 0 Å². The van der Waals surface area contributed by atoms with Gasteiger partial charge in [0, 0.05) is 6.04 Å². The zero-order valence-corrected chi connectivity index (χ0v) is 8.66. The molecule has 14 heavy (non-hydrogen) atoms. The van der Waals surface area contributed by atoms with E-state index >= 15 is 0 Å². The SMILES string of the molecule is Cc1ccc2[nH]c(=O)n(C(C)C)c2c1. The highest BCUT2D eigenvalue weighted by Gasteiger charge is 2.08. The van der Waals surface area contributed by atoms with E-state index in [9.17, 15) is 4.79 Å². The minimum Gasteiger partial charge on any atom is -0.306 e. The normalized spacial score (nSPS) is 11.4. The summed E-state index contributed by atoms with van der Waals surface area (Å²) in [5, 5.41) is 0. The van der Waals surface area contributed by atoms with Crippen LogP contribution in [0.2, 0.25) is 0 Å². The number of hydrogen-bond acceptors (Lipinski definition) is 1. The van der Waals surface area contributed by atoms with E-state index in [1.54, 1.807) is 4.57 Å². The minimum atomic E-state index is -0.0272. The lowest BCUT2D eigenvalue weighted by Gasteiger charge is -2.06. The molecule has 1 heterocycles. The van der Waals surface area contributed by atoms with Gasteiger partial charge in [0.2, 0.25) is 0 Å². The number of aromatic nitrogens is 2. The lowest BCUT2D eigenvalue weighted by molar-refractivity contribution is 0.598. The minimum absolute atomic E-state index is 0.0272. The second-order valence-electron chi connectivity index (χ2n) is 3.91. The summed E-state index contributed by atoms with van der Waals surface area (Å²) >= 11 is 0. The molecule has 0 aliphatic heterocycles. The Morgan fingerprint density at radius 1 is 1.36 bits per heavy atom. The first-order valence-electron chi connectivity index (χ1n) is 4.80. The van der Waals surface area contributed by atoms with E-state index in [1.807, 2.05) is 39.0 Å². The smallest absolute Gasteiger partial charge is 0.306 e. The van der Waals surface area contributed by atoms with E-state index in [4.69, 9.17) is 0 Å². The standard InChI is InChI=1S/C11H14N2O/c1-7(2)13-10-6-8(3)4-5-9(10)12-11(13)14/h4-7H,1-3H3,(H,12,14). The number of imidazole rings is 1. The quantitative estimate of drug-likeness (QED) is 0.735. The van der Waals surface area contributed by atoms with Crippen LogP contribution in [-0.2, 0) is 0 Å². The second-order valence-corrected chi connectivity index (χ2v) is 3.91. The fraction of sp³-hybridized carbons (Fsp3) is 0.364. The monoisotopic (exact) mass is 190 g/mol. The second kappa shape index (κ2) is 3.01. The molecule has 2 aromatic rings. The summed E-state index contributed by atoms with van der Waals surface area (Å²) < 4.78 is 1.78. The van der Waals surface area contributed by atoms with E-state index in [0.717, 1.165) is 11.0 Å². The van der Waals surface area contributed by atoms with Crippen molar-refractivity contribution in [1.29, 1.82) is 0 Å². The van der Waals surface area contributed by atoms with E-state index < -0.39 is 0 Å². The number of fused-ring (bicyclic) bond motifs is 1. The van der Waals surface area contributed by atoms with Crippen LogP contribution < -0.4 is 5.69 Å². The first-order chi connectivity index (χ1) is 6.59. The summed E-state index contributed by atoms with van der Waals surface area (Å²) in [5.74, 6) is 0. The van der Waals surface area contributed by atoms with Gasteiger partial charge in [0.1, 0.15) is 0 Å². The summed E-state index contributed by atoms with van der Waals surface area (Å²) in [6.45, 7) is 6.05. The molecule has 0 bridgehead atoms. The van der Waals surface area contributed by atoms with Crippen molar-refractivity contribution in [2.45, 2.75) is 26.8 Å². The van der Waals surface area contributed by atoms with Crippen molar-refractivity contribution in [2.24, 2.45) is 0 Å². The van der Waals surface area contributed by atoms with Crippen molar-refractivity contribution >= 4 is 11.0 Å². The third kappa shape index (κ3) is 1.25. The van der Waals surface area contributed by atoms with E-state index in [2.05, 4.69) is 4.98 Å². The Balaban J connectivity index is 2.86. The number of hydrogen-bond donors (Lipinski definition) is 1. The van der Waals surface area contributed by atoms with Crippen molar-refractivity contribution in [3.63, 3.8) is 0 Å². The van der Waals surface area contributed by atoms with Crippen LogP contribution in [0, 0.1) is 6.92 Å². The maximum atomic E-state index is 11.6. The molecule has 0 saturated heterocycles. The van der Waals surface area contributed by atoms with Gasteiger partial charge in [0.25, 0.3) is 0 Å². The Hall–Kier alpha value is -1.51. The maximum absolute atomic E-state index is 11.6. The van der Waals surface area contributed by atoms with Crippen molar-refractivity contribution in [3.05, 3.63) is 34.2 Å². The summed E-state index contributed by atoms with van der Waals surface area (Å²) in [4.78, 5) is 14.4. The average Bonchev–Trinajstić information content (AvgIpc) is 2.40. The molecule has 74 valence electrons. The van der Waals surface area contributed by atoms with Crippen molar-refractivity contribution in [2.75, 3.05) is 0 Å². The molecule has 3 heteroatoms. The van der Waals surface area contributed by atoms with Gasteiger partial charge in [-0.2, -0.15) is 0 Å². The van der Waals surface area contributed by atoms with Gasteiger partial charge in [0.15, 0.2) is 0 Å². The Morgan fingerprint density at radius 2 is 2.07 bits per heavy atom. The molecule has 2 rings (SSSR count). The van der Waals surface area contributed by atoms with Crippen LogP contribution in [-0.4, -0.2) is 9.55 Å². The van der Waals surface area contributed by atoms with Crippen LogP contribution in [0.3, 0.4) is 0 Å². The van der Waals surface area contributed by atoms with Gasteiger partial charge in [-0.1, -0.05) is 6.07 Å². The first kappa shape index (κ1) is 9.06. The van der Waals surface area contributed by atoms with Gasteiger partial charge in [-0.15, -0.1) is 0 Å². The summed E-state index contributed by atoms with van der Waals surface area (Å²) in [5.41, 5.74) is 3.05. The lowest BCUT2D eigenvalue weighted by atomic mass is 10.2. The molecule has 0 fully saturated rings. The van der Waals surface area contributed by atoms with Crippen molar-refractivity contribution in [3.8, 4) is 0 Å². The van der Waals surface area contributed by atoms with Gasteiger partial charge in [-0.05, 0) is 38.5 Å². The van der Waals surface area contributed by atoms with Gasteiger partial charge in [-0.25, -0.2) is 4.79 Å². The third-order valence-electron chi connectivity index (χ3n) is 2.39. The summed E-state index contributed by atoms with van der Waals surface area (Å²) in [7, 11) is 0. The van der Waals surface area contributed by atoms with Crippen LogP contribution in [0.25, 0.3) is 11.0 Å². The Labute approximate surface area is 82.4 Å². The third-order valence-corrected chi connectivity index (χ3v) is 2.39. The van der Waals surface area contributed by atoms with Crippen molar-refractivity contribution in [1.82, 2.24) is 9.55 Å². The number of aromatic amines is 1. The number of H-pyrrole nitrogens is 1. The Morgan fingerprint density at radius 3 is 2.71 bits per heavy atom. The van der Waals surface area contributed by atoms with Gasteiger partial charge in [0.05, 0.1) is 11.0 Å². The zero-order chi connectivity index (χ0) is 10.3. The van der Waals surface area contributed by atoms with Crippen LogP contribution >= 0.6 is 0 Å². The molecule has 0 spiro atoms. The summed E-state index contributed by atoms with van der Waals surface area (Å²) in [6.07, 6.45) is 0. The van der Waals surface area contributed by atoms with Gasteiger partial charge < -0.3 is 4.98 Å². The highest BCUT2D eigenvalue weighted by atomic mass is 16.1. The fourth-order valence-corrected chi connectivity index (χ4v) is 1.74. The van der Waals surface area contributed by atoms with E-state index in [-0.39, 0.29) is 11.7 Å². The molecule has 0 aliphatic rings. The maximum Gasteiger partial charge on any atom is 0.326 e. The molecule has 1 aromatic heterocycles. The molecule has 0 radical (unpaired) electrons. The van der Waals surface area contributed by atoms with Gasteiger partial charge >= 0.3 is 5.69 Å². The first-order valence-corrected chi connectivity index (χ1v) is 4.80. The molecule has 3 nitrogen and oxygen atoms in total. The van der Waals surface area contributed by atoms with Crippen molar-refractivity contribution < 1.29 is 0 Å². The zero-order valence-electron chi connectivity index (χ0n) is 8.66. The molecule has 1 N–H and O–H groups in total. The average molecular weight is 190 g/mol. The molecule has 0 aliphatic carbocycles. The van der Waals surface area contributed by atoms with E-state index in [1.165, 1.54) is 5.56 Å². The predicted molar refractivity (Wildman–Crippen MR) is 57.7 cm³/mol. The molecule has 0 unspecified atom stereocenters. The lowest BCUT2D eigenvalue weighted by Crippen LogP contribution is -2.18. The topological polar surface area (TPSA) is 37.8 Å². The largest absolute Gasteiger partial charge is 0.326 e. The fourth-order valence-electron chi connectivity index (χ4n) is 1.74. The van der Waals surface area contributed by atoms with Crippen LogP contribution in [0.15, 0.2) is 23.0 Å². The molecule has 0 atom stereocenters. The Bertz CT molecular complexity index is 520. The Kier molecular flexibility index (Phi) is 1.95. The molecule has 1 aromatic carbocycles. The van der Waals surface area contributed by atoms with E-state index in [0.29, 0.717) is 0 Å². The number of benzene rings is 1. The van der Waals surface area contributed by atoms with Gasteiger partial charge in [-0.3, -0.25) is 4.57 Å². The highest BCUT2D eigenvalue weighted by Crippen LogP contribution is 2.15. The van der Waals surface area contributed by atoms with Crippen LogP contribution in [0.5, 0.6) is 0 Å². The number of aryl methyl sites for hydroxylation is 1. The molecule has 0 saturated carbocycles. The molecular weight excluding hydrogens is 176 g/mol. The number of nitrogens with zero attached hydrogens (tertiary/aromatic N) is 1. The number of nitrogens with one attached hydrogen (secondary N) is 1. The number of rotatable bonds is 1. The van der Waals surface area contributed by atoms with Crippen LogP contribution in [0.1, 0.15) is 25.5 Å².